The normalized spacial score (nSPS) is 17.7. The number of benzene rings is 1. The highest BCUT2D eigenvalue weighted by molar-refractivity contribution is 9.10. The van der Waals surface area contributed by atoms with Gasteiger partial charge in [-0.15, -0.1) is 0 Å². The van der Waals surface area contributed by atoms with Gasteiger partial charge in [-0.05, 0) is 19.1 Å². The molecule has 18 heavy (non-hydrogen) atoms. The fraction of sp³-hybridized carbons (Fsp3) is 0.462. The van der Waals surface area contributed by atoms with Gasteiger partial charge in [0, 0.05) is 10.0 Å². The van der Waals surface area contributed by atoms with Crippen molar-refractivity contribution in [1.82, 2.24) is 0 Å². The van der Waals surface area contributed by atoms with Crippen LogP contribution in [0.2, 0.25) is 0 Å². The number of hydrogen-bond acceptors (Lipinski definition) is 4. The average molecular weight is 315 g/mol. The van der Waals surface area contributed by atoms with E-state index < -0.39 is 5.79 Å². The minimum atomic E-state index is -1.00. The standard InChI is InChI=1S/C13H15BrO4/c1-2-16-12(15)9-13(17-6-7-18-13)10-4-3-5-11(14)8-10/h3-5,8H,2,6-7,9H2,1H3. The maximum atomic E-state index is 11.7. The number of esters is 1. The summed E-state index contributed by atoms with van der Waals surface area (Å²) in [5, 5.41) is 0. The van der Waals surface area contributed by atoms with Gasteiger partial charge < -0.3 is 14.2 Å². The molecule has 0 N–H and O–H groups in total. The van der Waals surface area contributed by atoms with E-state index in [1.165, 1.54) is 0 Å². The van der Waals surface area contributed by atoms with Crippen LogP contribution >= 0.6 is 15.9 Å². The van der Waals surface area contributed by atoms with Gasteiger partial charge in [-0.2, -0.15) is 0 Å². The second kappa shape index (κ2) is 5.82. The van der Waals surface area contributed by atoms with Crippen LogP contribution in [0.5, 0.6) is 0 Å². The summed E-state index contributed by atoms with van der Waals surface area (Å²) in [4.78, 5) is 11.7. The molecule has 1 heterocycles. The van der Waals surface area contributed by atoms with E-state index in [2.05, 4.69) is 15.9 Å². The van der Waals surface area contributed by atoms with Gasteiger partial charge in [-0.25, -0.2) is 0 Å². The van der Waals surface area contributed by atoms with Crippen LogP contribution in [0.4, 0.5) is 0 Å². The van der Waals surface area contributed by atoms with Crippen molar-refractivity contribution >= 4 is 21.9 Å². The summed E-state index contributed by atoms with van der Waals surface area (Å²) in [6.45, 7) is 3.09. The van der Waals surface area contributed by atoms with Crippen molar-refractivity contribution in [2.24, 2.45) is 0 Å². The van der Waals surface area contributed by atoms with Gasteiger partial charge in [0.05, 0.1) is 19.8 Å². The lowest BCUT2D eigenvalue weighted by Crippen LogP contribution is -2.31. The topological polar surface area (TPSA) is 44.8 Å². The van der Waals surface area contributed by atoms with E-state index in [-0.39, 0.29) is 12.4 Å². The van der Waals surface area contributed by atoms with Crippen molar-refractivity contribution in [2.45, 2.75) is 19.1 Å². The van der Waals surface area contributed by atoms with Crippen LogP contribution in [0.1, 0.15) is 18.9 Å². The Kier molecular flexibility index (Phi) is 4.37. The van der Waals surface area contributed by atoms with Crippen LogP contribution in [-0.2, 0) is 24.8 Å². The Hall–Kier alpha value is -0.910. The average Bonchev–Trinajstić information content (AvgIpc) is 2.79. The monoisotopic (exact) mass is 314 g/mol. The van der Waals surface area contributed by atoms with Gasteiger partial charge in [0.15, 0.2) is 0 Å². The quantitative estimate of drug-likeness (QED) is 0.801. The molecule has 0 spiro atoms. The molecule has 1 saturated heterocycles. The molecule has 0 aliphatic carbocycles. The Morgan fingerprint density at radius 1 is 1.44 bits per heavy atom. The van der Waals surface area contributed by atoms with Gasteiger partial charge in [0.2, 0.25) is 5.79 Å². The van der Waals surface area contributed by atoms with Crippen LogP contribution in [-0.4, -0.2) is 25.8 Å². The van der Waals surface area contributed by atoms with Crippen LogP contribution in [0.25, 0.3) is 0 Å². The zero-order valence-electron chi connectivity index (χ0n) is 10.1. The fourth-order valence-electron chi connectivity index (χ4n) is 1.95. The molecule has 0 unspecified atom stereocenters. The van der Waals surface area contributed by atoms with Crippen molar-refractivity contribution in [2.75, 3.05) is 19.8 Å². The first-order valence-corrected chi connectivity index (χ1v) is 6.65. The zero-order chi connectivity index (χ0) is 13.0. The predicted octanol–water partition coefficient (Wildman–Crippen LogP) is 2.60. The van der Waals surface area contributed by atoms with E-state index in [9.17, 15) is 4.79 Å². The first-order chi connectivity index (χ1) is 8.66. The summed E-state index contributed by atoms with van der Waals surface area (Å²) in [5.74, 6) is -1.32. The van der Waals surface area contributed by atoms with Gasteiger partial charge >= 0.3 is 5.97 Å². The first kappa shape index (κ1) is 13.5. The van der Waals surface area contributed by atoms with Crippen LogP contribution in [0.15, 0.2) is 28.7 Å². The molecule has 0 aromatic heterocycles. The van der Waals surface area contributed by atoms with Crippen molar-refractivity contribution in [3.05, 3.63) is 34.3 Å². The zero-order valence-corrected chi connectivity index (χ0v) is 11.7. The number of hydrogen-bond donors (Lipinski definition) is 0. The lowest BCUT2D eigenvalue weighted by atomic mass is 10.0. The van der Waals surface area contributed by atoms with Gasteiger partial charge in [0.1, 0.15) is 6.42 Å². The Bertz CT molecular complexity index is 427. The first-order valence-electron chi connectivity index (χ1n) is 5.86. The molecule has 1 aliphatic heterocycles. The molecule has 1 aromatic carbocycles. The lowest BCUT2D eigenvalue weighted by molar-refractivity contribution is -0.188. The van der Waals surface area contributed by atoms with Gasteiger partial charge in [-0.3, -0.25) is 4.79 Å². The third-order valence-electron chi connectivity index (χ3n) is 2.70. The van der Waals surface area contributed by atoms with Gasteiger partial charge in [-0.1, -0.05) is 28.1 Å². The highest BCUT2D eigenvalue weighted by atomic mass is 79.9. The molecular weight excluding hydrogens is 300 g/mol. The SMILES string of the molecule is CCOC(=O)CC1(c2cccc(Br)c2)OCCO1. The predicted molar refractivity (Wildman–Crippen MR) is 69.0 cm³/mol. The fourth-order valence-corrected chi connectivity index (χ4v) is 2.35. The molecular formula is C13H15BrO4. The summed E-state index contributed by atoms with van der Waals surface area (Å²) in [6.07, 6.45) is 0.0668. The maximum Gasteiger partial charge on any atom is 0.311 e. The molecule has 1 fully saturated rings. The number of ether oxygens (including phenoxy) is 3. The molecule has 4 nitrogen and oxygen atoms in total. The molecule has 1 aliphatic rings. The largest absolute Gasteiger partial charge is 0.466 e. The third kappa shape index (κ3) is 2.91. The Labute approximate surface area is 114 Å². The van der Waals surface area contributed by atoms with Crippen LogP contribution < -0.4 is 0 Å². The molecule has 5 heteroatoms. The Morgan fingerprint density at radius 2 is 2.17 bits per heavy atom. The molecule has 0 saturated carbocycles. The van der Waals surface area contributed by atoms with E-state index in [0.717, 1.165) is 10.0 Å². The molecule has 1 aromatic rings. The van der Waals surface area contributed by atoms with Crippen LogP contribution in [0.3, 0.4) is 0 Å². The summed E-state index contributed by atoms with van der Waals surface area (Å²) in [6, 6.07) is 7.58. The maximum absolute atomic E-state index is 11.7. The van der Waals surface area contributed by atoms with E-state index in [1.54, 1.807) is 6.92 Å². The molecule has 0 radical (unpaired) electrons. The lowest BCUT2D eigenvalue weighted by Gasteiger charge is -2.27. The minimum Gasteiger partial charge on any atom is -0.466 e. The highest BCUT2D eigenvalue weighted by Gasteiger charge is 2.41. The summed E-state index contributed by atoms with van der Waals surface area (Å²) >= 11 is 3.40. The summed E-state index contributed by atoms with van der Waals surface area (Å²) in [7, 11) is 0. The molecule has 0 amide bonds. The van der Waals surface area contributed by atoms with Crippen molar-refractivity contribution in [1.29, 1.82) is 0 Å². The molecule has 0 bridgehead atoms. The molecule has 98 valence electrons. The van der Waals surface area contributed by atoms with Crippen molar-refractivity contribution in [3.8, 4) is 0 Å². The minimum absolute atomic E-state index is 0.0668. The number of halogens is 1. The number of carbonyl (C=O) groups is 1. The second-order valence-corrected chi connectivity index (χ2v) is 4.86. The van der Waals surface area contributed by atoms with Crippen molar-refractivity contribution in [3.63, 3.8) is 0 Å². The van der Waals surface area contributed by atoms with E-state index >= 15 is 0 Å². The number of carbonyl (C=O) groups excluding carboxylic acids is 1. The van der Waals surface area contributed by atoms with Crippen LogP contribution in [0, 0.1) is 0 Å². The van der Waals surface area contributed by atoms with E-state index in [4.69, 9.17) is 14.2 Å². The smallest absolute Gasteiger partial charge is 0.311 e. The third-order valence-corrected chi connectivity index (χ3v) is 3.19. The van der Waals surface area contributed by atoms with Crippen molar-refractivity contribution < 1.29 is 19.0 Å². The van der Waals surface area contributed by atoms with E-state index in [0.29, 0.717) is 19.8 Å². The Morgan fingerprint density at radius 3 is 2.78 bits per heavy atom. The van der Waals surface area contributed by atoms with Gasteiger partial charge in [0.25, 0.3) is 0 Å². The highest BCUT2D eigenvalue weighted by Crippen LogP contribution is 2.36. The number of rotatable bonds is 4. The Balaban J connectivity index is 2.24. The summed E-state index contributed by atoms with van der Waals surface area (Å²) < 4.78 is 17.2. The van der Waals surface area contributed by atoms with E-state index in [1.807, 2.05) is 24.3 Å². The molecule has 2 rings (SSSR count). The molecule has 0 atom stereocenters. The summed E-state index contributed by atoms with van der Waals surface area (Å²) in [5.41, 5.74) is 0.822. The second-order valence-electron chi connectivity index (χ2n) is 3.94.